The van der Waals surface area contributed by atoms with Crippen molar-refractivity contribution in [3.05, 3.63) is 23.8 Å². The van der Waals surface area contributed by atoms with E-state index in [0.29, 0.717) is 23.7 Å². The molecule has 38 heavy (non-hydrogen) atoms. The molecule has 0 aromatic carbocycles. The third kappa shape index (κ3) is 3.77. The maximum atomic E-state index is 13.7. The Balaban J connectivity index is 1.44. The van der Waals surface area contributed by atoms with Gasteiger partial charge < -0.3 is 19.5 Å². The second-order valence-corrected chi connectivity index (χ2v) is 15.2. The minimum Gasteiger partial charge on any atom is -0.481 e. The van der Waals surface area contributed by atoms with Crippen LogP contribution in [0.2, 0.25) is 0 Å². The van der Waals surface area contributed by atoms with Crippen LogP contribution in [-0.4, -0.2) is 54.6 Å². The van der Waals surface area contributed by atoms with E-state index in [1.165, 1.54) is 0 Å². The highest BCUT2D eigenvalue weighted by atomic mass is 16.5. The van der Waals surface area contributed by atoms with Gasteiger partial charge in [-0.2, -0.15) is 0 Å². The molecular formula is C33H51NO4. The lowest BCUT2D eigenvalue weighted by Gasteiger charge is -2.60. The molecule has 5 heteroatoms. The summed E-state index contributed by atoms with van der Waals surface area (Å²) in [6.45, 7) is 15.1. The number of allylic oxidation sites excluding steroid dienone is 2. The van der Waals surface area contributed by atoms with Gasteiger partial charge in [0.15, 0.2) is 0 Å². The third-order valence-electron chi connectivity index (χ3n) is 11.5. The number of nitrogens with zero attached hydrogens (tertiary/aromatic N) is 1. The summed E-state index contributed by atoms with van der Waals surface area (Å²) in [4.78, 5) is 29.3. The van der Waals surface area contributed by atoms with E-state index in [-0.39, 0.29) is 30.0 Å². The van der Waals surface area contributed by atoms with Crippen LogP contribution in [-0.2, 0) is 14.3 Å². The molecule has 6 unspecified atom stereocenters. The van der Waals surface area contributed by atoms with Gasteiger partial charge in [-0.1, -0.05) is 71.8 Å². The number of rotatable bonds is 9. The fourth-order valence-corrected chi connectivity index (χ4v) is 10.2. The van der Waals surface area contributed by atoms with Gasteiger partial charge in [0, 0.05) is 18.5 Å². The van der Waals surface area contributed by atoms with Gasteiger partial charge >= 0.3 is 5.97 Å². The minimum atomic E-state index is -1.13. The van der Waals surface area contributed by atoms with E-state index >= 15 is 0 Å². The molecule has 5 rings (SSSR count). The predicted molar refractivity (Wildman–Crippen MR) is 151 cm³/mol. The zero-order valence-electron chi connectivity index (χ0n) is 24.8. The number of carbonyl (C=O) groups is 2. The van der Waals surface area contributed by atoms with Crippen LogP contribution in [0.15, 0.2) is 23.8 Å². The Morgan fingerprint density at radius 2 is 1.92 bits per heavy atom. The van der Waals surface area contributed by atoms with E-state index in [1.807, 2.05) is 0 Å². The van der Waals surface area contributed by atoms with Crippen molar-refractivity contribution in [1.29, 1.82) is 0 Å². The van der Waals surface area contributed by atoms with Gasteiger partial charge in [0.05, 0.1) is 17.6 Å². The summed E-state index contributed by atoms with van der Waals surface area (Å²) in [5, 5.41) is 11.2. The van der Waals surface area contributed by atoms with Crippen LogP contribution in [0.4, 0.5) is 0 Å². The average molecular weight is 526 g/mol. The molecule has 4 bridgehead atoms. The van der Waals surface area contributed by atoms with Crippen molar-refractivity contribution in [3.8, 4) is 0 Å². The highest BCUT2D eigenvalue weighted by Gasteiger charge is 2.86. The molecular weight excluding hydrogens is 474 g/mol. The summed E-state index contributed by atoms with van der Waals surface area (Å²) in [6, 6.07) is 0. The Bertz CT molecular complexity index is 1010. The highest BCUT2D eigenvalue weighted by molar-refractivity contribution is 5.90. The molecule has 0 spiro atoms. The first kappa shape index (κ1) is 28.1. The molecule has 9 atom stereocenters. The standard InChI is InChI=1S/C33H51NO4/c1-21(2)27-16-23-17-31(20-35)26-12-10-22(3)25(26)18-32(23,33(27,31)29(36)37)28-13-11-24(38-28)19-34(7)15-9-8-14-30(4,5)6/h8-9,16,20-26,28H,10-15,17-19H2,1-7H3,(H,36,37)/b9-8+/t22-,23?,24?,25-,26-,28?,31?,32?,33?/m1/s1. The van der Waals surface area contributed by atoms with Crippen LogP contribution in [0, 0.1) is 51.2 Å². The zero-order chi connectivity index (χ0) is 27.7. The molecule has 0 aromatic rings. The van der Waals surface area contributed by atoms with Crippen molar-refractivity contribution in [3.63, 3.8) is 0 Å². The van der Waals surface area contributed by atoms with E-state index in [0.717, 1.165) is 63.5 Å². The van der Waals surface area contributed by atoms with Crippen molar-refractivity contribution in [2.24, 2.45) is 51.2 Å². The monoisotopic (exact) mass is 525 g/mol. The number of fused-ring (bicyclic) bond motifs is 2. The van der Waals surface area contributed by atoms with Crippen LogP contribution in [0.5, 0.6) is 0 Å². The number of aldehydes is 1. The number of carboxylic acid groups (broad SMARTS) is 1. The average Bonchev–Trinajstić information content (AvgIpc) is 3.56. The van der Waals surface area contributed by atoms with E-state index in [2.05, 4.69) is 71.7 Å². The van der Waals surface area contributed by atoms with Gasteiger partial charge in [-0.25, -0.2) is 0 Å². The lowest BCUT2D eigenvalue weighted by molar-refractivity contribution is -0.197. The molecule has 1 heterocycles. The third-order valence-corrected chi connectivity index (χ3v) is 11.5. The molecule has 4 aliphatic carbocycles. The largest absolute Gasteiger partial charge is 0.481 e. The summed E-state index contributed by atoms with van der Waals surface area (Å²) in [5.74, 6) is 0.573. The Kier molecular flexibility index (Phi) is 7.08. The SMILES string of the molecule is CC(C)C1=CC2CC3(C=O)[C@@H]4CC[C@@H](C)[C@H]4CC2(C2CCC(CN(C)C/C=C/CC(C)(C)C)O2)C13C(=O)O. The van der Waals surface area contributed by atoms with Gasteiger partial charge in [0.1, 0.15) is 11.7 Å². The number of aliphatic carboxylic acids is 1. The highest BCUT2D eigenvalue weighted by Crippen LogP contribution is 2.84. The van der Waals surface area contributed by atoms with E-state index in [4.69, 9.17) is 4.74 Å². The maximum absolute atomic E-state index is 13.7. The lowest BCUT2D eigenvalue weighted by atomic mass is 9.41. The number of likely N-dealkylation sites (N-methyl/N-ethyl adjacent to an activating group) is 1. The Hall–Kier alpha value is -1.46. The Morgan fingerprint density at radius 1 is 1.18 bits per heavy atom. The summed E-state index contributed by atoms with van der Waals surface area (Å²) in [7, 11) is 2.15. The van der Waals surface area contributed by atoms with Crippen LogP contribution in [0.3, 0.4) is 0 Å². The fraction of sp³-hybridized carbons (Fsp3) is 0.818. The number of carbonyl (C=O) groups excluding carboxylic acids is 1. The second-order valence-electron chi connectivity index (χ2n) is 15.2. The fourth-order valence-electron chi connectivity index (χ4n) is 10.2. The molecule has 4 fully saturated rings. The first-order valence-corrected chi connectivity index (χ1v) is 15.2. The number of hydrogen-bond acceptors (Lipinski definition) is 4. The van der Waals surface area contributed by atoms with Crippen LogP contribution >= 0.6 is 0 Å². The van der Waals surface area contributed by atoms with Crippen LogP contribution in [0.25, 0.3) is 0 Å². The molecule has 212 valence electrons. The van der Waals surface area contributed by atoms with E-state index in [9.17, 15) is 14.7 Å². The van der Waals surface area contributed by atoms with Gasteiger partial charge in [0.25, 0.3) is 0 Å². The molecule has 0 radical (unpaired) electrons. The molecule has 1 N–H and O–H groups in total. The van der Waals surface area contributed by atoms with Gasteiger partial charge in [-0.05, 0) is 80.6 Å². The number of carboxylic acids is 1. The van der Waals surface area contributed by atoms with Gasteiger partial charge in [-0.15, -0.1) is 0 Å². The van der Waals surface area contributed by atoms with E-state index < -0.39 is 22.2 Å². The lowest BCUT2D eigenvalue weighted by Crippen LogP contribution is -2.65. The van der Waals surface area contributed by atoms with Crippen molar-refractivity contribution in [2.75, 3.05) is 20.1 Å². The molecule has 1 saturated heterocycles. The second kappa shape index (κ2) is 9.58. The Labute approximate surface area is 230 Å². The molecule has 3 saturated carbocycles. The van der Waals surface area contributed by atoms with Gasteiger partial charge in [0.2, 0.25) is 0 Å². The zero-order valence-corrected chi connectivity index (χ0v) is 24.8. The van der Waals surface area contributed by atoms with Crippen molar-refractivity contribution >= 4 is 12.3 Å². The molecule has 0 amide bonds. The van der Waals surface area contributed by atoms with Crippen molar-refractivity contribution < 1.29 is 19.4 Å². The predicted octanol–water partition coefficient (Wildman–Crippen LogP) is 6.38. The summed E-state index contributed by atoms with van der Waals surface area (Å²) in [6.07, 6.45) is 14.5. The summed E-state index contributed by atoms with van der Waals surface area (Å²) >= 11 is 0. The van der Waals surface area contributed by atoms with Gasteiger partial charge in [-0.3, -0.25) is 4.79 Å². The number of ether oxygens (including phenoxy) is 1. The smallest absolute Gasteiger partial charge is 0.315 e. The molecule has 1 aliphatic heterocycles. The first-order valence-electron chi connectivity index (χ1n) is 15.2. The topological polar surface area (TPSA) is 66.8 Å². The van der Waals surface area contributed by atoms with Crippen molar-refractivity contribution in [1.82, 2.24) is 4.90 Å². The minimum absolute atomic E-state index is 0.105. The molecule has 0 aromatic heterocycles. The molecule has 5 aliphatic rings. The first-order chi connectivity index (χ1) is 17.8. The number of hydrogen-bond donors (Lipinski definition) is 1. The Morgan fingerprint density at radius 3 is 2.55 bits per heavy atom. The molecule has 5 nitrogen and oxygen atoms in total. The summed E-state index contributed by atoms with van der Waals surface area (Å²) in [5.41, 5.74) is -1.14. The quantitative estimate of drug-likeness (QED) is 0.279. The maximum Gasteiger partial charge on any atom is 0.315 e. The van der Waals surface area contributed by atoms with Crippen LogP contribution < -0.4 is 0 Å². The van der Waals surface area contributed by atoms with E-state index in [1.54, 1.807) is 0 Å². The summed E-state index contributed by atoms with van der Waals surface area (Å²) < 4.78 is 6.93. The normalized spacial score (nSPS) is 43.9. The van der Waals surface area contributed by atoms with Crippen LogP contribution in [0.1, 0.15) is 86.5 Å². The van der Waals surface area contributed by atoms with Crippen molar-refractivity contribution in [2.45, 2.75) is 98.7 Å².